The molecule has 18 heteroatoms. The van der Waals surface area contributed by atoms with Crippen LogP contribution >= 0.6 is 0 Å². The minimum Gasteiger partial charge on any atom is -0.379 e. The number of alkyl halides is 3. The maximum Gasteiger partial charge on any atom is 0.471 e. The van der Waals surface area contributed by atoms with E-state index in [-0.39, 0.29) is 53.2 Å². The lowest BCUT2D eigenvalue weighted by Crippen LogP contribution is -2.59. The van der Waals surface area contributed by atoms with Crippen LogP contribution in [-0.2, 0) is 38.7 Å². The van der Waals surface area contributed by atoms with Crippen LogP contribution in [0.4, 0.5) is 18.9 Å². The second-order valence-corrected chi connectivity index (χ2v) is 16.9. The minimum absolute atomic E-state index is 0.00159. The van der Waals surface area contributed by atoms with E-state index in [0.29, 0.717) is 25.8 Å². The average Bonchev–Trinajstić information content (AvgIpc) is 3.57. The lowest BCUT2D eigenvalue weighted by molar-refractivity contribution is -0.167. The van der Waals surface area contributed by atoms with Crippen LogP contribution in [0.2, 0.25) is 0 Å². The van der Waals surface area contributed by atoms with E-state index in [1.807, 2.05) is 65.3 Å². The molecule has 0 spiro atoms. The summed E-state index contributed by atoms with van der Waals surface area (Å²) < 4.78 is 71.3. The zero-order chi connectivity index (χ0) is 42.9. The van der Waals surface area contributed by atoms with Gasteiger partial charge in [0.2, 0.25) is 17.7 Å². The molecule has 3 N–H and O–H groups in total. The molecule has 2 rings (SSSR count). The van der Waals surface area contributed by atoms with E-state index in [2.05, 4.69) is 5.32 Å². The van der Waals surface area contributed by atoms with E-state index in [9.17, 15) is 45.6 Å². The summed E-state index contributed by atoms with van der Waals surface area (Å²) in [4.78, 5) is 70.1. The number of likely N-dealkylation sites (N-methyl/N-ethyl adjacent to an activating group) is 2. The van der Waals surface area contributed by atoms with Gasteiger partial charge in [0.25, 0.3) is 15.9 Å². The predicted molar refractivity (Wildman–Crippen MR) is 205 cm³/mol. The van der Waals surface area contributed by atoms with Gasteiger partial charge in [-0.3, -0.25) is 28.9 Å². The van der Waals surface area contributed by atoms with Gasteiger partial charge in [0, 0.05) is 32.0 Å². The molecule has 316 valence electrons. The molecule has 1 aliphatic heterocycles. The molecule has 1 aliphatic rings. The number of halogens is 3. The zero-order valence-electron chi connectivity index (χ0n) is 34.2. The number of carbonyl (C=O) groups excluding carboxylic acids is 5. The predicted octanol–water partition coefficient (Wildman–Crippen LogP) is 3.93. The third-order valence-corrected chi connectivity index (χ3v) is 11.4. The smallest absolute Gasteiger partial charge is 0.379 e. The van der Waals surface area contributed by atoms with Crippen LogP contribution in [0.1, 0.15) is 74.1 Å². The lowest BCUT2D eigenvalue weighted by atomic mass is 9.89. The van der Waals surface area contributed by atoms with Gasteiger partial charge in [0.1, 0.15) is 6.04 Å². The number of amides is 5. The molecule has 1 fully saturated rings. The fourth-order valence-electron chi connectivity index (χ4n) is 6.94. The van der Waals surface area contributed by atoms with Crippen LogP contribution in [0, 0.1) is 17.8 Å². The van der Waals surface area contributed by atoms with Crippen LogP contribution in [-0.4, -0.2) is 124 Å². The molecule has 0 aromatic heterocycles. The Morgan fingerprint density at radius 3 is 2.07 bits per heavy atom. The van der Waals surface area contributed by atoms with Crippen molar-refractivity contribution in [2.24, 2.45) is 17.8 Å². The van der Waals surface area contributed by atoms with E-state index in [0.717, 1.165) is 24.3 Å². The second kappa shape index (κ2) is 20.4. The Morgan fingerprint density at radius 1 is 1.00 bits per heavy atom. The molecule has 6 atom stereocenters. The standard InChI is InChI=1S/C38H59F3N6O8S/c1-12-24(6)33(46(10)36(51)31(22(2)3)43-35(50)32(23(4)5)45(8)9)29(55-11)21-30(48)47-19-13-14-27(47)20-25(7)34(49)44-56(53,54)28-17-15-26(16-18-28)42-37(52)38(39,40)41/h15-18,20,22-24,27,29,31-33H,12-14,19,21H2,1-11H3,(H,42,52)(H,43,50)(H,44,49)/t24-,27-,29+,31-,32-,33-/m0/s1. The number of anilines is 1. The molecule has 0 bridgehead atoms. The highest BCUT2D eigenvalue weighted by Gasteiger charge is 2.41. The molecule has 0 aliphatic carbocycles. The highest BCUT2D eigenvalue weighted by molar-refractivity contribution is 7.90. The number of hydrogen-bond donors (Lipinski definition) is 3. The minimum atomic E-state index is -5.14. The molecule has 1 aromatic carbocycles. The molecule has 5 amide bonds. The zero-order valence-corrected chi connectivity index (χ0v) is 35.0. The van der Waals surface area contributed by atoms with E-state index >= 15 is 0 Å². The molecule has 0 saturated carbocycles. The van der Waals surface area contributed by atoms with Crippen LogP contribution in [0.15, 0.2) is 40.8 Å². The van der Waals surface area contributed by atoms with Crippen LogP contribution in [0.25, 0.3) is 0 Å². The number of sulfonamides is 1. The SMILES string of the molecule is CC[C@H](C)[C@@H]([C@@H](CC(=O)N1CCC[C@H]1C=C(C)C(=O)NS(=O)(=O)c1ccc(NC(=O)C(F)(F)F)cc1)OC)N(C)C(=O)[C@@H](NC(=O)[C@H](C(C)C)N(C)C)C(C)C. The highest BCUT2D eigenvalue weighted by Crippen LogP contribution is 2.27. The van der Waals surface area contributed by atoms with Gasteiger partial charge >= 0.3 is 12.1 Å². The summed E-state index contributed by atoms with van der Waals surface area (Å²) in [6.07, 6.45) is -2.68. The topological polar surface area (TPSA) is 175 Å². The van der Waals surface area contributed by atoms with E-state index < -0.39 is 63.2 Å². The first-order valence-electron chi connectivity index (χ1n) is 18.7. The summed E-state index contributed by atoms with van der Waals surface area (Å²) in [6.45, 7) is 13.3. The van der Waals surface area contributed by atoms with Gasteiger partial charge in [-0.2, -0.15) is 13.2 Å². The summed E-state index contributed by atoms with van der Waals surface area (Å²) >= 11 is 0. The van der Waals surface area contributed by atoms with Crippen molar-refractivity contribution in [3.8, 4) is 0 Å². The van der Waals surface area contributed by atoms with Crippen molar-refractivity contribution < 1.29 is 50.3 Å². The number of nitrogens with zero attached hydrogens (tertiary/aromatic N) is 3. The van der Waals surface area contributed by atoms with Gasteiger partial charge in [0.05, 0.1) is 35.5 Å². The third-order valence-electron chi connectivity index (χ3n) is 10.1. The Bertz CT molecular complexity index is 1680. The third kappa shape index (κ3) is 12.7. The molecule has 1 heterocycles. The Hall–Kier alpha value is -4.03. The van der Waals surface area contributed by atoms with Crippen molar-refractivity contribution in [1.82, 2.24) is 24.7 Å². The molecule has 1 aromatic rings. The lowest BCUT2D eigenvalue weighted by Gasteiger charge is -2.40. The number of rotatable bonds is 18. The first-order chi connectivity index (χ1) is 25.9. The van der Waals surface area contributed by atoms with Crippen molar-refractivity contribution in [1.29, 1.82) is 0 Å². The molecular formula is C38H59F3N6O8S. The van der Waals surface area contributed by atoms with Crippen LogP contribution < -0.4 is 15.4 Å². The van der Waals surface area contributed by atoms with Crippen molar-refractivity contribution in [2.45, 2.75) is 115 Å². The average molecular weight is 817 g/mol. The molecular weight excluding hydrogens is 758 g/mol. The number of benzene rings is 1. The largest absolute Gasteiger partial charge is 0.471 e. The van der Waals surface area contributed by atoms with Crippen molar-refractivity contribution in [3.63, 3.8) is 0 Å². The van der Waals surface area contributed by atoms with Gasteiger partial charge in [-0.1, -0.05) is 54.0 Å². The van der Waals surface area contributed by atoms with E-state index in [4.69, 9.17) is 4.74 Å². The number of methoxy groups -OCH3 is 1. The second-order valence-electron chi connectivity index (χ2n) is 15.2. The molecule has 56 heavy (non-hydrogen) atoms. The van der Waals surface area contributed by atoms with Crippen molar-refractivity contribution in [2.75, 3.05) is 40.1 Å². The molecule has 0 radical (unpaired) electrons. The normalized spacial score (nSPS) is 18.0. The summed E-state index contributed by atoms with van der Waals surface area (Å²) in [5, 5.41) is 4.58. The fourth-order valence-corrected chi connectivity index (χ4v) is 7.96. The number of ether oxygens (including phenoxy) is 1. The summed E-state index contributed by atoms with van der Waals surface area (Å²) in [7, 11) is 2.29. The van der Waals surface area contributed by atoms with Crippen molar-refractivity contribution >= 4 is 45.2 Å². The number of likely N-dealkylation sites (tertiary alicyclic amines) is 1. The first kappa shape index (κ1) is 48.1. The van der Waals surface area contributed by atoms with Gasteiger partial charge < -0.3 is 25.2 Å². The van der Waals surface area contributed by atoms with Gasteiger partial charge in [-0.05, 0) is 75.9 Å². The van der Waals surface area contributed by atoms with Gasteiger partial charge in [-0.25, -0.2) is 13.1 Å². The van der Waals surface area contributed by atoms with Gasteiger partial charge in [-0.15, -0.1) is 0 Å². The Balaban J connectivity index is 2.24. The van der Waals surface area contributed by atoms with Crippen LogP contribution in [0.3, 0.4) is 0 Å². The number of hydrogen-bond acceptors (Lipinski definition) is 9. The maximum atomic E-state index is 14.1. The first-order valence-corrected chi connectivity index (χ1v) is 20.2. The van der Waals surface area contributed by atoms with E-state index in [1.165, 1.54) is 20.1 Å². The molecule has 1 saturated heterocycles. The molecule has 0 unspecified atom stereocenters. The van der Waals surface area contributed by atoms with Crippen LogP contribution in [0.5, 0.6) is 0 Å². The fraction of sp³-hybridized carbons (Fsp3) is 0.658. The molecule has 14 nitrogen and oxygen atoms in total. The Labute approximate surface area is 329 Å². The summed E-state index contributed by atoms with van der Waals surface area (Å²) in [5.74, 6) is -4.40. The van der Waals surface area contributed by atoms with E-state index in [1.54, 1.807) is 22.2 Å². The Kier molecular flexibility index (Phi) is 17.5. The quantitative estimate of drug-likeness (QED) is 0.186. The summed E-state index contributed by atoms with van der Waals surface area (Å²) in [5.41, 5.74) is -0.290. The summed E-state index contributed by atoms with van der Waals surface area (Å²) in [6, 6.07) is 1.42. The Morgan fingerprint density at radius 2 is 1.59 bits per heavy atom. The number of carbonyl (C=O) groups is 5. The van der Waals surface area contributed by atoms with Gasteiger partial charge in [0.15, 0.2) is 0 Å². The monoisotopic (exact) mass is 816 g/mol. The highest BCUT2D eigenvalue weighted by atomic mass is 32.2. The number of nitrogens with one attached hydrogen (secondary N) is 3. The maximum absolute atomic E-state index is 14.1. The van der Waals surface area contributed by atoms with Crippen molar-refractivity contribution in [3.05, 3.63) is 35.9 Å².